The number of rotatable bonds is 6. The molecule has 0 radical (unpaired) electrons. The summed E-state index contributed by atoms with van der Waals surface area (Å²) in [5.74, 6) is 0.800. The van der Waals surface area contributed by atoms with Gasteiger partial charge in [0.25, 0.3) is 0 Å². The number of nitrogens with zero attached hydrogens (tertiary/aromatic N) is 1. The van der Waals surface area contributed by atoms with E-state index in [-0.39, 0.29) is 24.1 Å². The van der Waals surface area contributed by atoms with Crippen LogP contribution in [0.4, 0.5) is 4.79 Å². The molecular weight excluding hydrogens is 256 g/mol. The van der Waals surface area contributed by atoms with E-state index in [2.05, 4.69) is 5.32 Å². The molecule has 5 heteroatoms. The number of aliphatic hydroxyl groups is 1. The molecular formula is C15H28N2O3. The van der Waals surface area contributed by atoms with Crippen LogP contribution in [0.5, 0.6) is 0 Å². The molecule has 2 amide bonds. The van der Waals surface area contributed by atoms with Gasteiger partial charge >= 0.3 is 6.03 Å². The molecule has 0 saturated heterocycles. The number of nitrogens with one attached hydrogen (secondary N) is 1. The number of carbonyl (C=O) groups excluding carboxylic acids is 1. The maximum atomic E-state index is 12.2. The van der Waals surface area contributed by atoms with E-state index in [1.165, 1.54) is 12.8 Å². The molecule has 0 bridgehead atoms. The Kier molecular flexibility index (Phi) is 5.66. The summed E-state index contributed by atoms with van der Waals surface area (Å²) in [7, 11) is 3.48. The Bertz CT molecular complexity index is 320. The molecule has 3 unspecified atom stereocenters. The lowest BCUT2D eigenvalue weighted by atomic mass is 9.86. The predicted molar refractivity (Wildman–Crippen MR) is 77.5 cm³/mol. The minimum Gasteiger partial charge on any atom is -0.393 e. The van der Waals surface area contributed by atoms with Gasteiger partial charge in [0.1, 0.15) is 0 Å². The Labute approximate surface area is 121 Å². The van der Waals surface area contributed by atoms with Crippen molar-refractivity contribution in [1.82, 2.24) is 10.2 Å². The van der Waals surface area contributed by atoms with Gasteiger partial charge in [-0.05, 0) is 31.6 Å². The highest BCUT2D eigenvalue weighted by atomic mass is 16.5. The molecule has 0 spiro atoms. The van der Waals surface area contributed by atoms with E-state index >= 15 is 0 Å². The lowest BCUT2D eigenvalue weighted by molar-refractivity contribution is 0.0557. The summed E-state index contributed by atoms with van der Waals surface area (Å²) in [5.41, 5.74) is 0. The van der Waals surface area contributed by atoms with E-state index in [1.54, 1.807) is 12.0 Å². The van der Waals surface area contributed by atoms with E-state index in [1.807, 2.05) is 7.05 Å². The molecule has 2 aliphatic rings. The summed E-state index contributed by atoms with van der Waals surface area (Å²) >= 11 is 0. The van der Waals surface area contributed by atoms with Gasteiger partial charge in [0, 0.05) is 26.6 Å². The van der Waals surface area contributed by atoms with Crippen LogP contribution in [0.3, 0.4) is 0 Å². The van der Waals surface area contributed by atoms with Crippen molar-refractivity contribution >= 4 is 6.03 Å². The molecule has 0 aliphatic heterocycles. The van der Waals surface area contributed by atoms with Crippen LogP contribution >= 0.6 is 0 Å². The van der Waals surface area contributed by atoms with Gasteiger partial charge in [-0.25, -0.2) is 4.79 Å². The fraction of sp³-hybridized carbons (Fsp3) is 0.933. The molecule has 2 fully saturated rings. The highest BCUT2D eigenvalue weighted by molar-refractivity contribution is 5.74. The van der Waals surface area contributed by atoms with Crippen LogP contribution in [0.1, 0.15) is 38.5 Å². The van der Waals surface area contributed by atoms with E-state index in [9.17, 15) is 9.90 Å². The first-order chi connectivity index (χ1) is 9.61. The van der Waals surface area contributed by atoms with Gasteiger partial charge < -0.3 is 20.1 Å². The summed E-state index contributed by atoms with van der Waals surface area (Å²) in [5, 5.41) is 13.0. The molecule has 2 saturated carbocycles. The van der Waals surface area contributed by atoms with Crippen molar-refractivity contribution in [2.45, 2.75) is 50.7 Å². The molecule has 5 nitrogen and oxygen atoms in total. The average molecular weight is 284 g/mol. The number of carbonyl (C=O) groups is 1. The summed E-state index contributed by atoms with van der Waals surface area (Å²) < 4.78 is 5.18. The summed E-state index contributed by atoms with van der Waals surface area (Å²) in [6, 6.07) is 0.0861. The van der Waals surface area contributed by atoms with Crippen molar-refractivity contribution in [3.8, 4) is 0 Å². The molecule has 116 valence electrons. The number of amides is 2. The largest absolute Gasteiger partial charge is 0.393 e. The van der Waals surface area contributed by atoms with Crippen LogP contribution in [0.2, 0.25) is 0 Å². The molecule has 0 aromatic rings. The zero-order valence-corrected chi connectivity index (χ0v) is 12.7. The third-order valence-electron chi connectivity index (χ3n) is 4.57. The molecule has 2 rings (SSSR count). The number of aliphatic hydroxyl groups excluding tert-OH is 1. The number of urea groups is 1. The van der Waals surface area contributed by atoms with Crippen molar-refractivity contribution < 1.29 is 14.6 Å². The van der Waals surface area contributed by atoms with E-state index in [4.69, 9.17) is 4.74 Å². The Morgan fingerprint density at radius 2 is 2.05 bits per heavy atom. The molecule has 3 atom stereocenters. The zero-order chi connectivity index (χ0) is 14.5. The standard InChI is InChI=1S/C15H28N2O3/c1-17(9-12-5-3-4-6-14(12)18)15(19)16-13(10-20-2)11-7-8-11/h11-14,18H,3-10H2,1-2H3,(H,16,19). The predicted octanol–water partition coefficient (Wildman–Crippen LogP) is 1.60. The molecule has 20 heavy (non-hydrogen) atoms. The number of hydrogen-bond donors (Lipinski definition) is 2. The van der Waals surface area contributed by atoms with Crippen LogP contribution in [0.25, 0.3) is 0 Å². The quantitative estimate of drug-likeness (QED) is 0.779. The number of hydrogen-bond acceptors (Lipinski definition) is 3. The van der Waals surface area contributed by atoms with Gasteiger partial charge in [0.2, 0.25) is 0 Å². The van der Waals surface area contributed by atoms with Gasteiger partial charge in [0.05, 0.1) is 18.8 Å². The van der Waals surface area contributed by atoms with Gasteiger partial charge in [0.15, 0.2) is 0 Å². The van der Waals surface area contributed by atoms with Crippen LogP contribution in [0.15, 0.2) is 0 Å². The SMILES string of the molecule is COCC(NC(=O)N(C)CC1CCCCC1O)C1CC1. The van der Waals surface area contributed by atoms with Crippen molar-refractivity contribution in [3.63, 3.8) is 0 Å². The summed E-state index contributed by atoms with van der Waals surface area (Å²) in [4.78, 5) is 13.9. The lowest BCUT2D eigenvalue weighted by Gasteiger charge is -2.32. The Balaban J connectivity index is 1.78. The maximum absolute atomic E-state index is 12.2. The average Bonchev–Trinajstić information content (AvgIpc) is 3.25. The van der Waals surface area contributed by atoms with Crippen molar-refractivity contribution in [2.75, 3.05) is 27.3 Å². The number of methoxy groups -OCH3 is 1. The molecule has 0 heterocycles. The lowest BCUT2D eigenvalue weighted by Crippen LogP contribution is -2.48. The van der Waals surface area contributed by atoms with Crippen LogP contribution in [-0.4, -0.2) is 55.5 Å². The Morgan fingerprint density at radius 1 is 1.35 bits per heavy atom. The highest BCUT2D eigenvalue weighted by Crippen LogP contribution is 2.32. The van der Waals surface area contributed by atoms with Crippen molar-refractivity contribution in [3.05, 3.63) is 0 Å². The second kappa shape index (κ2) is 7.27. The zero-order valence-electron chi connectivity index (χ0n) is 12.7. The minimum absolute atomic E-state index is 0.0447. The Morgan fingerprint density at radius 3 is 2.65 bits per heavy atom. The first-order valence-electron chi connectivity index (χ1n) is 7.80. The van der Waals surface area contributed by atoms with Gasteiger partial charge in [-0.2, -0.15) is 0 Å². The maximum Gasteiger partial charge on any atom is 0.317 e. The third-order valence-corrected chi connectivity index (χ3v) is 4.57. The fourth-order valence-corrected chi connectivity index (χ4v) is 3.08. The smallest absolute Gasteiger partial charge is 0.317 e. The Hall–Kier alpha value is -0.810. The normalized spacial score (nSPS) is 27.9. The van der Waals surface area contributed by atoms with Gasteiger partial charge in [-0.1, -0.05) is 12.8 Å². The summed E-state index contributed by atoms with van der Waals surface area (Å²) in [6.45, 7) is 1.22. The first kappa shape index (κ1) is 15.6. The second-order valence-electron chi connectivity index (χ2n) is 6.34. The minimum atomic E-state index is -0.253. The van der Waals surface area contributed by atoms with Crippen LogP contribution < -0.4 is 5.32 Å². The van der Waals surface area contributed by atoms with Crippen LogP contribution in [-0.2, 0) is 4.74 Å². The van der Waals surface area contributed by atoms with Gasteiger partial charge in [-0.15, -0.1) is 0 Å². The van der Waals surface area contributed by atoms with Gasteiger partial charge in [-0.3, -0.25) is 0 Å². The molecule has 0 aromatic carbocycles. The second-order valence-corrected chi connectivity index (χ2v) is 6.34. The first-order valence-corrected chi connectivity index (χ1v) is 7.80. The monoisotopic (exact) mass is 284 g/mol. The fourth-order valence-electron chi connectivity index (χ4n) is 3.08. The molecule has 0 aromatic heterocycles. The summed E-state index contributed by atoms with van der Waals surface area (Å²) in [6.07, 6.45) is 6.25. The van der Waals surface area contributed by atoms with E-state index in [0.29, 0.717) is 19.1 Å². The topological polar surface area (TPSA) is 61.8 Å². The molecule has 2 N–H and O–H groups in total. The van der Waals surface area contributed by atoms with E-state index < -0.39 is 0 Å². The highest BCUT2D eigenvalue weighted by Gasteiger charge is 2.33. The van der Waals surface area contributed by atoms with Crippen molar-refractivity contribution in [1.29, 1.82) is 0 Å². The van der Waals surface area contributed by atoms with E-state index in [0.717, 1.165) is 25.7 Å². The van der Waals surface area contributed by atoms with Crippen molar-refractivity contribution in [2.24, 2.45) is 11.8 Å². The van der Waals surface area contributed by atoms with Crippen LogP contribution in [0, 0.1) is 11.8 Å². The third kappa shape index (κ3) is 4.35. The molecule has 2 aliphatic carbocycles. The number of ether oxygens (including phenoxy) is 1.